The standard InChI is InChI=1S/C33H35FN4O5/c1-21-3-5-22(6-4-21)11-15-37-32(39)33(40)38-24-7-8-29(26(34)17-24)43-28-12-16-36-27-19-31(30(41-2)18-25(27)28)42-20-23-9-13-35-14-10-23/h3-8,12,16-19,23,35H,9-11,13-15,20H2,1-2H3,(H,37,39)(H,38,40). The molecule has 224 valence electrons. The second kappa shape index (κ2) is 14.0. The van der Waals surface area contributed by atoms with Crippen molar-refractivity contribution >= 4 is 28.4 Å². The highest BCUT2D eigenvalue weighted by molar-refractivity contribution is 6.39. The van der Waals surface area contributed by atoms with Gasteiger partial charge in [-0.2, -0.15) is 0 Å². The number of ether oxygens (including phenoxy) is 3. The van der Waals surface area contributed by atoms with Crippen molar-refractivity contribution in [3.63, 3.8) is 0 Å². The van der Waals surface area contributed by atoms with Crippen LogP contribution in [-0.4, -0.2) is 50.1 Å². The van der Waals surface area contributed by atoms with Crippen LogP contribution in [0.4, 0.5) is 10.1 Å². The zero-order chi connectivity index (χ0) is 30.2. The molecule has 1 aliphatic heterocycles. The molecule has 2 amide bonds. The lowest BCUT2D eigenvalue weighted by Crippen LogP contribution is -2.36. The van der Waals surface area contributed by atoms with E-state index in [1.165, 1.54) is 12.1 Å². The van der Waals surface area contributed by atoms with Gasteiger partial charge < -0.3 is 30.2 Å². The van der Waals surface area contributed by atoms with E-state index >= 15 is 4.39 Å². The predicted molar refractivity (Wildman–Crippen MR) is 162 cm³/mol. The summed E-state index contributed by atoms with van der Waals surface area (Å²) in [5.74, 6) is -0.505. The number of pyridine rings is 1. The van der Waals surface area contributed by atoms with Gasteiger partial charge in [0.05, 0.1) is 19.2 Å². The van der Waals surface area contributed by atoms with Gasteiger partial charge in [-0.25, -0.2) is 4.39 Å². The van der Waals surface area contributed by atoms with Crippen LogP contribution in [0.1, 0.15) is 24.0 Å². The number of piperidine rings is 1. The number of nitrogens with zero attached hydrogens (tertiary/aromatic N) is 1. The predicted octanol–water partition coefficient (Wildman–Crippen LogP) is 5.16. The van der Waals surface area contributed by atoms with Gasteiger partial charge in [-0.3, -0.25) is 14.6 Å². The Morgan fingerprint density at radius 2 is 1.74 bits per heavy atom. The number of aromatic nitrogens is 1. The molecule has 1 saturated heterocycles. The number of halogens is 1. The number of nitrogens with one attached hydrogen (secondary N) is 3. The Morgan fingerprint density at radius 1 is 0.953 bits per heavy atom. The molecule has 5 rings (SSSR count). The summed E-state index contributed by atoms with van der Waals surface area (Å²) in [6.45, 7) is 4.85. The van der Waals surface area contributed by atoms with Crippen molar-refractivity contribution in [2.24, 2.45) is 5.92 Å². The Kier molecular flexibility index (Phi) is 9.68. The highest BCUT2D eigenvalue weighted by atomic mass is 19.1. The van der Waals surface area contributed by atoms with Crippen molar-refractivity contribution in [3.05, 3.63) is 83.8 Å². The number of carbonyl (C=O) groups is 2. The van der Waals surface area contributed by atoms with E-state index in [-0.39, 0.29) is 11.4 Å². The highest BCUT2D eigenvalue weighted by Gasteiger charge is 2.18. The van der Waals surface area contributed by atoms with Crippen LogP contribution in [0.5, 0.6) is 23.0 Å². The third-order valence-corrected chi connectivity index (χ3v) is 7.36. The maximum atomic E-state index is 15.1. The molecule has 0 spiro atoms. The van der Waals surface area contributed by atoms with Crippen molar-refractivity contribution in [3.8, 4) is 23.0 Å². The molecule has 1 aromatic heterocycles. The van der Waals surface area contributed by atoms with Gasteiger partial charge in [0.15, 0.2) is 23.1 Å². The molecule has 0 atom stereocenters. The van der Waals surface area contributed by atoms with Gasteiger partial charge >= 0.3 is 11.8 Å². The fourth-order valence-corrected chi connectivity index (χ4v) is 4.87. The molecule has 0 saturated carbocycles. The zero-order valence-electron chi connectivity index (χ0n) is 24.2. The molecule has 0 radical (unpaired) electrons. The number of benzene rings is 3. The minimum absolute atomic E-state index is 0.0572. The van der Waals surface area contributed by atoms with Crippen LogP contribution < -0.4 is 30.2 Å². The molecule has 0 unspecified atom stereocenters. The lowest BCUT2D eigenvalue weighted by atomic mass is 9.99. The molecular weight excluding hydrogens is 551 g/mol. The summed E-state index contributed by atoms with van der Waals surface area (Å²) in [6, 6.07) is 17.1. The van der Waals surface area contributed by atoms with E-state index in [1.807, 2.05) is 31.2 Å². The summed E-state index contributed by atoms with van der Waals surface area (Å²) < 4.78 is 32.6. The molecule has 1 fully saturated rings. The van der Waals surface area contributed by atoms with Crippen LogP contribution in [-0.2, 0) is 16.0 Å². The van der Waals surface area contributed by atoms with Gasteiger partial charge in [0.1, 0.15) is 5.75 Å². The Labute approximate surface area is 249 Å². The number of amides is 2. The van der Waals surface area contributed by atoms with E-state index < -0.39 is 17.6 Å². The van der Waals surface area contributed by atoms with Crippen LogP contribution in [0.3, 0.4) is 0 Å². The van der Waals surface area contributed by atoms with Gasteiger partial charge in [0.2, 0.25) is 0 Å². The molecule has 1 aliphatic rings. The third-order valence-electron chi connectivity index (χ3n) is 7.36. The first-order valence-corrected chi connectivity index (χ1v) is 14.3. The Balaban J connectivity index is 1.21. The first kappa shape index (κ1) is 29.8. The number of aryl methyl sites for hydroxylation is 1. The second-order valence-corrected chi connectivity index (χ2v) is 10.5. The van der Waals surface area contributed by atoms with Gasteiger partial charge in [0.25, 0.3) is 0 Å². The number of fused-ring (bicyclic) bond motifs is 1. The van der Waals surface area contributed by atoms with Crippen LogP contribution in [0.25, 0.3) is 10.9 Å². The van der Waals surface area contributed by atoms with Gasteiger partial charge in [-0.1, -0.05) is 29.8 Å². The molecule has 9 nitrogen and oxygen atoms in total. The lowest BCUT2D eigenvalue weighted by Gasteiger charge is -2.23. The van der Waals surface area contributed by atoms with Gasteiger partial charge in [-0.05, 0) is 75.0 Å². The van der Waals surface area contributed by atoms with E-state index in [1.54, 1.807) is 31.5 Å². The van der Waals surface area contributed by atoms with Crippen molar-refractivity contribution < 1.29 is 28.2 Å². The van der Waals surface area contributed by atoms with Crippen molar-refractivity contribution in [2.45, 2.75) is 26.2 Å². The third kappa shape index (κ3) is 7.78. The maximum Gasteiger partial charge on any atom is 0.313 e. The summed E-state index contributed by atoms with van der Waals surface area (Å²) in [5.41, 5.74) is 2.93. The van der Waals surface area contributed by atoms with Gasteiger partial charge in [0, 0.05) is 35.9 Å². The molecule has 43 heavy (non-hydrogen) atoms. The number of anilines is 1. The minimum atomic E-state index is -0.887. The SMILES string of the molecule is COc1cc2c(Oc3ccc(NC(=O)C(=O)NCCc4ccc(C)cc4)cc3F)ccnc2cc1OCC1CCNCC1. The average Bonchev–Trinajstić information content (AvgIpc) is 3.02. The minimum Gasteiger partial charge on any atom is -0.493 e. The topological polar surface area (TPSA) is 111 Å². The molecule has 4 aromatic rings. The molecule has 2 heterocycles. The second-order valence-electron chi connectivity index (χ2n) is 10.5. The van der Waals surface area contributed by atoms with Crippen LogP contribution in [0.2, 0.25) is 0 Å². The highest BCUT2D eigenvalue weighted by Crippen LogP contribution is 2.38. The van der Waals surface area contributed by atoms with Crippen molar-refractivity contribution in [2.75, 3.05) is 38.7 Å². The monoisotopic (exact) mass is 586 g/mol. The number of carbonyl (C=O) groups excluding carboxylic acids is 2. The van der Waals surface area contributed by atoms with Crippen LogP contribution in [0.15, 0.2) is 66.9 Å². The normalized spacial score (nSPS) is 13.4. The first-order chi connectivity index (χ1) is 20.9. The number of rotatable bonds is 10. The Bertz CT molecular complexity index is 1590. The summed E-state index contributed by atoms with van der Waals surface area (Å²) >= 11 is 0. The van der Waals surface area contributed by atoms with Crippen molar-refractivity contribution in [1.82, 2.24) is 15.6 Å². The molecule has 3 aromatic carbocycles. The van der Waals surface area contributed by atoms with Gasteiger partial charge in [-0.15, -0.1) is 0 Å². The van der Waals surface area contributed by atoms with E-state index in [0.717, 1.165) is 43.1 Å². The number of methoxy groups -OCH3 is 1. The summed E-state index contributed by atoms with van der Waals surface area (Å²) in [4.78, 5) is 29.0. The van der Waals surface area contributed by atoms with E-state index in [9.17, 15) is 9.59 Å². The van der Waals surface area contributed by atoms with E-state index in [4.69, 9.17) is 14.2 Å². The molecule has 3 N–H and O–H groups in total. The Morgan fingerprint density at radius 3 is 2.49 bits per heavy atom. The first-order valence-electron chi connectivity index (χ1n) is 14.3. The van der Waals surface area contributed by atoms with Crippen molar-refractivity contribution in [1.29, 1.82) is 0 Å². The smallest absolute Gasteiger partial charge is 0.313 e. The van der Waals surface area contributed by atoms with E-state index in [2.05, 4.69) is 20.9 Å². The summed E-state index contributed by atoms with van der Waals surface area (Å²) in [6.07, 6.45) is 4.27. The number of hydrogen-bond acceptors (Lipinski definition) is 7. The number of hydrogen-bond donors (Lipinski definition) is 3. The largest absolute Gasteiger partial charge is 0.493 e. The molecule has 0 bridgehead atoms. The zero-order valence-corrected chi connectivity index (χ0v) is 24.2. The maximum absolute atomic E-state index is 15.1. The Hall–Kier alpha value is -4.70. The fourth-order valence-electron chi connectivity index (χ4n) is 4.87. The molecule has 0 aliphatic carbocycles. The summed E-state index contributed by atoms with van der Waals surface area (Å²) in [7, 11) is 1.56. The lowest BCUT2D eigenvalue weighted by molar-refractivity contribution is -0.136. The van der Waals surface area contributed by atoms with Crippen LogP contribution >= 0.6 is 0 Å². The van der Waals surface area contributed by atoms with E-state index in [0.29, 0.717) is 53.6 Å². The quantitative estimate of drug-likeness (QED) is 0.220. The molecule has 10 heteroatoms. The summed E-state index contributed by atoms with van der Waals surface area (Å²) in [5, 5.41) is 8.98. The fraction of sp³-hybridized carbons (Fsp3) is 0.303. The van der Waals surface area contributed by atoms with Crippen LogP contribution in [0, 0.1) is 18.7 Å². The molecular formula is C33H35FN4O5. The average molecular weight is 587 g/mol.